The van der Waals surface area contributed by atoms with Crippen LogP contribution in [-0.2, 0) is 0 Å². The Kier molecular flexibility index (Phi) is 4.81. The zero-order valence-electron chi connectivity index (χ0n) is 11.2. The van der Waals surface area contributed by atoms with Gasteiger partial charge in [0.15, 0.2) is 0 Å². The highest BCUT2D eigenvalue weighted by atomic mass is 15.1. The molecule has 90 valence electrons. The number of likely N-dealkylation sites (N-methyl/N-ethyl adjacent to an activating group) is 1. The lowest BCUT2D eigenvalue weighted by Gasteiger charge is -2.15. The SMILES string of the molecule is Cc1ccc(C(C)C)cc1NCCN(C)C. The Morgan fingerprint density at radius 2 is 1.94 bits per heavy atom. The van der Waals surface area contributed by atoms with Gasteiger partial charge in [0.25, 0.3) is 0 Å². The van der Waals surface area contributed by atoms with Crippen LogP contribution >= 0.6 is 0 Å². The molecule has 1 aromatic carbocycles. The third kappa shape index (κ3) is 3.86. The first kappa shape index (κ1) is 13.0. The molecule has 1 aromatic rings. The molecule has 0 spiro atoms. The molecule has 0 amide bonds. The van der Waals surface area contributed by atoms with E-state index in [4.69, 9.17) is 0 Å². The second-order valence-corrected chi connectivity index (χ2v) is 4.96. The van der Waals surface area contributed by atoms with Crippen molar-refractivity contribution in [2.24, 2.45) is 0 Å². The fourth-order valence-electron chi connectivity index (χ4n) is 1.60. The van der Waals surface area contributed by atoms with E-state index < -0.39 is 0 Å². The summed E-state index contributed by atoms with van der Waals surface area (Å²) < 4.78 is 0. The monoisotopic (exact) mass is 220 g/mol. The van der Waals surface area contributed by atoms with E-state index in [1.807, 2.05) is 0 Å². The van der Waals surface area contributed by atoms with E-state index in [1.165, 1.54) is 16.8 Å². The zero-order chi connectivity index (χ0) is 12.1. The third-order valence-electron chi connectivity index (χ3n) is 2.80. The van der Waals surface area contributed by atoms with Gasteiger partial charge in [-0.05, 0) is 44.1 Å². The van der Waals surface area contributed by atoms with Crippen LogP contribution < -0.4 is 5.32 Å². The highest BCUT2D eigenvalue weighted by Gasteiger charge is 2.03. The van der Waals surface area contributed by atoms with Crippen molar-refractivity contribution >= 4 is 5.69 Å². The Morgan fingerprint density at radius 1 is 1.25 bits per heavy atom. The molecule has 0 saturated heterocycles. The molecule has 0 radical (unpaired) electrons. The molecule has 2 nitrogen and oxygen atoms in total. The molecule has 0 aliphatic carbocycles. The molecular weight excluding hydrogens is 196 g/mol. The van der Waals surface area contributed by atoms with Gasteiger partial charge in [-0.15, -0.1) is 0 Å². The summed E-state index contributed by atoms with van der Waals surface area (Å²) in [6, 6.07) is 6.69. The highest BCUT2D eigenvalue weighted by Crippen LogP contribution is 2.22. The topological polar surface area (TPSA) is 15.3 Å². The van der Waals surface area contributed by atoms with Gasteiger partial charge in [0, 0.05) is 18.8 Å². The molecule has 0 unspecified atom stereocenters. The molecule has 0 saturated carbocycles. The lowest BCUT2D eigenvalue weighted by Crippen LogP contribution is -2.21. The van der Waals surface area contributed by atoms with Crippen LogP contribution in [0.5, 0.6) is 0 Å². The summed E-state index contributed by atoms with van der Waals surface area (Å²) in [6.45, 7) is 8.67. The van der Waals surface area contributed by atoms with E-state index in [1.54, 1.807) is 0 Å². The van der Waals surface area contributed by atoms with E-state index in [0.717, 1.165) is 13.1 Å². The van der Waals surface area contributed by atoms with Crippen molar-refractivity contribution in [3.8, 4) is 0 Å². The van der Waals surface area contributed by atoms with E-state index in [0.29, 0.717) is 5.92 Å². The smallest absolute Gasteiger partial charge is 0.0373 e. The summed E-state index contributed by atoms with van der Waals surface area (Å²) >= 11 is 0. The number of hydrogen-bond donors (Lipinski definition) is 1. The van der Waals surface area contributed by atoms with Crippen LogP contribution in [0, 0.1) is 6.92 Å². The summed E-state index contributed by atoms with van der Waals surface area (Å²) in [5.41, 5.74) is 3.99. The minimum Gasteiger partial charge on any atom is -0.384 e. The molecule has 0 bridgehead atoms. The fraction of sp³-hybridized carbons (Fsp3) is 0.571. The molecule has 2 heteroatoms. The molecule has 16 heavy (non-hydrogen) atoms. The van der Waals surface area contributed by atoms with E-state index in [2.05, 4.69) is 63.3 Å². The summed E-state index contributed by atoms with van der Waals surface area (Å²) in [4.78, 5) is 2.19. The standard InChI is InChI=1S/C14H24N2/c1-11(2)13-7-6-12(3)14(10-13)15-8-9-16(4)5/h6-7,10-11,15H,8-9H2,1-5H3. The summed E-state index contributed by atoms with van der Waals surface area (Å²) in [5, 5.41) is 3.50. The van der Waals surface area contributed by atoms with Crippen LogP contribution in [0.3, 0.4) is 0 Å². The molecule has 1 N–H and O–H groups in total. The summed E-state index contributed by atoms with van der Waals surface area (Å²) in [5.74, 6) is 0.593. The average Bonchev–Trinajstić information content (AvgIpc) is 2.20. The number of rotatable bonds is 5. The van der Waals surface area contributed by atoms with Gasteiger partial charge < -0.3 is 10.2 Å². The van der Waals surface area contributed by atoms with Crippen LogP contribution in [0.15, 0.2) is 18.2 Å². The number of nitrogens with zero attached hydrogens (tertiary/aromatic N) is 1. The fourth-order valence-corrected chi connectivity index (χ4v) is 1.60. The second kappa shape index (κ2) is 5.90. The van der Waals surface area contributed by atoms with Gasteiger partial charge in [0.05, 0.1) is 0 Å². The van der Waals surface area contributed by atoms with Crippen LogP contribution in [0.25, 0.3) is 0 Å². The van der Waals surface area contributed by atoms with Crippen molar-refractivity contribution in [2.75, 3.05) is 32.5 Å². The van der Waals surface area contributed by atoms with Gasteiger partial charge in [0.2, 0.25) is 0 Å². The minimum atomic E-state index is 0.593. The van der Waals surface area contributed by atoms with Crippen LogP contribution in [0.4, 0.5) is 5.69 Å². The Hall–Kier alpha value is -1.02. The number of anilines is 1. The van der Waals surface area contributed by atoms with Gasteiger partial charge in [-0.3, -0.25) is 0 Å². The first-order valence-corrected chi connectivity index (χ1v) is 6.00. The van der Waals surface area contributed by atoms with Crippen LogP contribution in [0.2, 0.25) is 0 Å². The van der Waals surface area contributed by atoms with Gasteiger partial charge in [0.1, 0.15) is 0 Å². The summed E-state index contributed by atoms with van der Waals surface area (Å²) in [6.07, 6.45) is 0. The molecular formula is C14H24N2. The number of nitrogens with one attached hydrogen (secondary N) is 1. The second-order valence-electron chi connectivity index (χ2n) is 4.96. The predicted molar refractivity (Wildman–Crippen MR) is 72.3 cm³/mol. The Bertz CT molecular complexity index is 330. The minimum absolute atomic E-state index is 0.593. The van der Waals surface area contributed by atoms with Crippen LogP contribution in [-0.4, -0.2) is 32.1 Å². The van der Waals surface area contributed by atoms with Crippen molar-refractivity contribution in [1.29, 1.82) is 0 Å². The van der Waals surface area contributed by atoms with Crippen molar-refractivity contribution in [3.05, 3.63) is 29.3 Å². The van der Waals surface area contributed by atoms with Crippen LogP contribution in [0.1, 0.15) is 30.9 Å². The predicted octanol–water partition coefficient (Wildman–Crippen LogP) is 3.09. The van der Waals surface area contributed by atoms with Gasteiger partial charge >= 0.3 is 0 Å². The lowest BCUT2D eigenvalue weighted by atomic mass is 10.0. The molecule has 0 aliphatic rings. The lowest BCUT2D eigenvalue weighted by molar-refractivity contribution is 0.425. The Labute approximate surface area is 99.7 Å². The van der Waals surface area contributed by atoms with E-state index >= 15 is 0 Å². The maximum Gasteiger partial charge on any atom is 0.0373 e. The van der Waals surface area contributed by atoms with Gasteiger partial charge in [-0.1, -0.05) is 26.0 Å². The van der Waals surface area contributed by atoms with Crippen molar-refractivity contribution < 1.29 is 0 Å². The van der Waals surface area contributed by atoms with E-state index in [-0.39, 0.29) is 0 Å². The largest absolute Gasteiger partial charge is 0.384 e. The first-order chi connectivity index (χ1) is 7.50. The van der Waals surface area contributed by atoms with Gasteiger partial charge in [-0.2, -0.15) is 0 Å². The third-order valence-corrected chi connectivity index (χ3v) is 2.80. The number of aryl methyl sites for hydroxylation is 1. The first-order valence-electron chi connectivity index (χ1n) is 6.00. The molecule has 0 aromatic heterocycles. The van der Waals surface area contributed by atoms with Crippen molar-refractivity contribution in [2.45, 2.75) is 26.7 Å². The highest BCUT2D eigenvalue weighted by molar-refractivity contribution is 5.53. The average molecular weight is 220 g/mol. The molecule has 0 aliphatic heterocycles. The Balaban J connectivity index is 2.67. The number of hydrogen-bond acceptors (Lipinski definition) is 2. The maximum absolute atomic E-state index is 3.50. The summed E-state index contributed by atoms with van der Waals surface area (Å²) in [7, 11) is 4.19. The normalized spacial score (nSPS) is 11.2. The van der Waals surface area contributed by atoms with Crippen molar-refractivity contribution in [1.82, 2.24) is 4.90 Å². The zero-order valence-corrected chi connectivity index (χ0v) is 11.2. The number of benzene rings is 1. The van der Waals surface area contributed by atoms with Crippen molar-refractivity contribution in [3.63, 3.8) is 0 Å². The molecule has 1 rings (SSSR count). The molecule has 0 atom stereocenters. The Morgan fingerprint density at radius 3 is 2.50 bits per heavy atom. The molecule has 0 heterocycles. The maximum atomic E-state index is 3.50. The quantitative estimate of drug-likeness (QED) is 0.820. The molecule has 0 fully saturated rings. The van der Waals surface area contributed by atoms with Gasteiger partial charge in [-0.25, -0.2) is 0 Å². The van der Waals surface area contributed by atoms with E-state index in [9.17, 15) is 0 Å².